The molecule has 3 heteroatoms. The van der Waals surface area contributed by atoms with Crippen molar-refractivity contribution in [1.29, 1.82) is 0 Å². The van der Waals surface area contributed by atoms with Crippen LogP contribution in [0.25, 0.3) is 0 Å². The first kappa shape index (κ1) is 15.0. The Morgan fingerprint density at radius 2 is 1.88 bits per heavy atom. The summed E-state index contributed by atoms with van der Waals surface area (Å²) in [6, 6.07) is 12.4. The lowest BCUT2D eigenvalue weighted by Gasteiger charge is -2.39. The molecule has 2 aromatic carbocycles. The summed E-state index contributed by atoms with van der Waals surface area (Å²) < 4.78 is 0. The normalized spacial score (nSPS) is 24.2. The van der Waals surface area contributed by atoms with Crippen molar-refractivity contribution in [1.82, 2.24) is 0 Å². The third-order valence-electron chi connectivity index (χ3n) is 5.45. The van der Waals surface area contributed by atoms with Crippen LogP contribution in [0, 0.1) is 19.8 Å². The molecule has 0 bridgehead atoms. The highest BCUT2D eigenvalue weighted by molar-refractivity contribution is 5.90. The van der Waals surface area contributed by atoms with E-state index in [2.05, 4.69) is 48.7 Å². The van der Waals surface area contributed by atoms with Crippen molar-refractivity contribution in [3.05, 3.63) is 76.4 Å². The standard InChI is InChI=1S/C21H21NO2/c1-12-6-8-14(9-7-12)20-17-5-3-4-16(17)18-11-10-15(21(23)24)13(2)19(18)22-20/h3-4,6-11,16-17,20,22H,5H2,1-2H3,(H,23,24)/p-1/t16-,17+,20+/m1/s1. The Morgan fingerprint density at radius 1 is 1.12 bits per heavy atom. The molecule has 1 aliphatic heterocycles. The van der Waals surface area contributed by atoms with Crippen molar-refractivity contribution in [2.75, 3.05) is 5.32 Å². The molecule has 0 fully saturated rings. The van der Waals surface area contributed by atoms with Gasteiger partial charge in [0, 0.05) is 17.2 Å². The summed E-state index contributed by atoms with van der Waals surface area (Å²) >= 11 is 0. The number of allylic oxidation sites excluding steroid dienone is 2. The van der Waals surface area contributed by atoms with Crippen LogP contribution in [0.15, 0.2) is 48.6 Å². The molecule has 24 heavy (non-hydrogen) atoms. The molecule has 122 valence electrons. The van der Waals surface area contributed by atoms with Gasteiger partial charge < -0.3 is 15.2 Å². The Balaban J connectivity index is 1.83. The van der Waals surface area contributed by atoms with Crippen LogP contribution in [0.4, 0.5) is 5.69 Å². The van der Waals surface area contributed by atoms with E-state index in [0.717, 1.165) is 17.7 Å². The van der Waals surface area contributed by atoms with E-state index in [1.807, 2.05) is 13.0 Å². The highest BCUT2D eigenvalue weighted by Gasteiger charge is 2.38. The van der Waals surface area contributed by atoms with E-state index < -0.39 is 5.97 Å². The monoisotopic (exact) mass is 318 g/mol. The van der Waals surface area contributed by atoms with Crippen LogP contribution in [-0.2, 0) is 0 Å². The zero-order valence-electron chi connectivity index (χ0n) is 13.9. The molecular formula is C21H20NO2-. The molecule has 0 radical (unpaired) electrons. The van der Waals surface area contributed by atoms with Gasteiger partial charge in [0.2, 0.25) is 0 Å². The Bertz CT molecular complexity index is 836. The van der Waals surface area contributed by atoms with E-state index in [1.54, 1.807) is 6.07 Å². The topological polar surface area (TPSA) is 52.2 Å². The third kappa shape index (κ3) is 2.23. The van der Waals surface area contributed by atoms with Crippen LogP contribution in [0.2, 0.25) is 0 Å². The second-order valence-corrected chi connectivity index (χ2v) is 6.88. The van der Waals surface area contributed by atoms with Gasteiger partial charge in [0.05, 0.1) is 12.0 Å². The number of aryl methyl sites for hydroxylation is 1. The van der Waals surface area contributed by atoms with E-state index in [-0.39, 0.29) is 11.6 Å². The number of benzene rings is 2. The lowest BCUT2D eigenvalue weighted by atomic mass is 9.76. The molecule has 3 atom stereocenters. The van der Waals surface area contributed by atoms with Crippen LogP contribution in [0.1, 0.15) is 51.0 Å². The molecule has 0 unspecified atom stereocenters. The van der Waals surface area contributed by atoms with E-state index in [0.29, 0.717) is 11.8 Å². The van der Waals surface area contributed by atoms with Gasteiger partial charge in [-0.1, -0.05) is 54.1 Å². The van der Waals surface area contributed by atoms with Crippen molar-refractivity contribution in [3.8, 4) is 0 Å². The van der Waals surface area contributed by atoms with Crippen molar-refractivity contribution >= 4 is 11.7 Å². The second-order valence-electron chi connectivity index (χ2n) is 6.88. The highest BCUT2D eigenvalue weighted by atomic mass is 16.4. The summed E-state index contributed by atoms with van der Waals surface area (Å²) in [5, 5.41) is 15.0. The fraction of sp³-hybridized carbons (Fsp3) is 0.286. The first-order chi connectivity index (χ1) is 11.6. The number of carboxylic acids is 1. The average molecular weight is 318 g/mol. The van der Waals surface area contributed by atoms with Gasteiger partial charge in [-0.2, -0.15) is 0 Å². The zero-order chi connectivity index (χ0) is 16.8. The number of nitrogens with one attached hydrogen (secondary N) is 1. The van der Waals surface area contributed by atoms with Gasteiger partial charge in [-0.3, -0.25) is 0 Å². The van der Waals surface area contributed by atoms with Gasteiger partial charge in [0.1, 0.15) is 0 Å². The first-order valence-corrected chi connectivity index (χ1v) is 8.41. The maximum absolute atomic E-state index is 11.4. The number of rotatable bonds is 2. The summed E-state index contributed by atoms with van der Waals surface area (Å²) in [6.07, 6.45) is 5.55. The lowest BCUT2D eigenvalue weighted by Crippen LogP contribution is -2.31. The molecule has 0 saturated carbocycles. The molecule has 3 nitrogen and oxygen atoms in total. The predicted octanol–water partition coefficient (Wildman–Crippen LogP) is 3.49. The first-order valence-electron chi connectivity index (χ1n) is 8.41. The fourth-order valence-electron chi connectivity index (χ4n) is 4.14. The number of anilines is 1. The molecule has 0 spiro atoms. The molecule has 1 N–H and O–H groups in total. The van der Waals surface area contributed by atoms with Crippen LogP contribution in [-0.4, -0.2) is 5.97 Å². The van der Waals surface area contributed by atoms with Crippen molar-refractivity contribution in [3.63, 3.8) is 0 Å². The number of carbonyl (C=O) groups is 1. The van der Waals surface area contributed by atoms with Crippen LogP contribution < -0.4 is 10.4 Å². The predicted molar refractivity (Wildman–Crippen MR) is 93.0 cm³/mol. The van der Waals surface area contributed by atoms with Gasteiger partial charge in [-0.25, -0.2) is 0 Å². The Labute approximate surface area is 142 Å². The van der Waals surface area contributed by atoms with Gasteiger partial charge in [0.25, 0.3) is 0 Å². The average Bonchev–Trinajstić information content (AvgIpc) is 3.05. The van der Waals surface area contributed by atoms with Crippen molar-refractivity contribution in [2.24, 2.45) is 5.92 Å². The SMILES string of the molecule is Cc1ccc([C@@H]2Nc3c(ccc(C(=O)[O-])c3C)[C@@H]3C=CC[C@@H]32)cc1. The minimum absolute atomic E-state index is 0.189. The highest BCUT2D eigenvalue weighted by Crippen LogP contribution is 2.50. The number of hydrogen-bond acceptors (Lipinski definition) is 3. The van der Waals surface area contributed by atoms with Crippen LogP contribution in [0.5, 0.6) is 0 Å². The summed E-state index contributed by atoms with van der Waals surface area (Å²) in [5.41, 5.74) is 5.68. The number of carboxylic acid groups (broad SMARTS) is 1. The third-order valence-corrected chi connectivity index (χ3v) is 5.45. The summed E-state index contributed by atoms with van der Waals surface area (Å²) in [6.45, 7) is 3.95. The van der Waals surface area contributed by atoms with Crippen LogP contribution >= 0.6 is 0 Å². The Hall–Kier alpha value is -2.55. The molecule has 4 rings (SSSR count). The van der Waals surface area contributed by atoms with E-state index in [1.165, 1.54) is 16.7 Å². The summed E-state index contributed by atoms with van der Waals surface area (Å²) in [5.74, 6) is -0.316. The Kier molecular flexibility index (Phi) is 3.45. The number of carbonyl (C=O) groups excluding carboxylic acids is 1. The molecular weight excluding hydrogens is 298 g/mol. The number of fused-ring (bicyclic) bond motifs is 3. The quantitative estimate of drug-likeness (QED) is 0.862. The smallest absolute Gasteiger partial charge is 0.0718 e. The number of aromatic carboxylic acids is 1. The van der Waals surface area contributed by atoms with Gasteiger partial charge in [-0.05, 0) is 42.9 Å². The van der Waals surface area contributed by atoms with Crippen LogP contribution in [0.3, 0.4) is 0 Å². The van der Waals surface area contributed by atoms with Gasteiger partial charge in [-0.15, -0.1) is 0 Å². The van der Waals surface area contributed by atoms with E-state index >= 15 is 0 Å². The van der Waals surface area contributed by atoms with Gasteiger partial charge in [0.15, 0.2) is 0 Å². The zero-order valence-corrected chi connectivity index (χ0v) is 13.9. The maximum Gasteiger partial charge on any atom is 0.0718 e. The second kappa shape index (κ2) is 5.52. The largest absolute Gasteiger partial charge is 0.545 e. The summed E-state index contributed by atoms with van der Waals surface area (Å²) in [7, 11) is 0. The molecule has 1 heterocycles. The molecule has 1 aliphatic carbocycles. The lowest BCUT2D eigenvalue weighted by molar-refractivity contribution is -0.255. The minimum atomic E-state index is -1.12. The Morgan fingerprint density at radius 3 is 2.58 bits per heavy atom. The number of hydrogen-bond donors (Lipinski definition) is 1. The molecule has 0 amide bonds. The molecule has 0 aromatic heterocycles. The molecule has 2 aliphatic rings. The summed E-state index contributed by atoms with van der Waals surface area (Å²) in [4.78, 5) is 11.4. The van der Waals surface area contributed by atoms with Gasteiger partial charge >= 0.3 is 0 Å². The maximum atomic E-state index is 11.4. The van der Waals surface area contributed by atoms with Crippen molar-refractivity contribution in [2.45, 2.75) is 32.2 Å². The minimum Gasteiger partial charge on any atom is -0.545 e. The fourth-order valence-corrected chi connectivity index (χ4v) is 4.14. The van der Waals surface area contributed by atoms with Crippen molar-refractivity contribution < 1.29 is 9.90 Å². The molecule has 0 saturated heterocycles. The molecule has 2 aromatic rings. The van der Waals surface area contributed by atoms with E-state index in [9.17, 15) is 9.90 Å². The van der Waals surface area contributed by atoms with E-state index in [4.69, 9.17) is 0 Å².